The van der Waals surface area contributed by atoms with E-state index in [1.807, 2.05) is 6.92 Å². The molecular formula is C13H28O2. The number of rotatable bonds is 11. The minimum absolute atomic E-state index is 0.00885. The zero-order chi connectivity index (χ0) is 11.4. The molecule has 0 amide bonds. The van der Waals surface area contributed by atoms with Crippen molar-refractivity contribution >= 4 is 0 Å². The maximum absolute atomic E-state index is 8.73. The maximum Gasteiger partial charge on any atom is 0.0777 e. The molecule has 0 rings (SSSR count). The second kappa shape index (κ2) is 12.0. The van der Waals surface area contributed by atoms with Gasteiger partial charge < -0.3 is 9.84 Å². The quantitative estimate of drug-likeness (QED) is 0.535. The first-order valence-electron chi connectivity index (χ1n) is 6.53. The number of unbranched alkanes of at least 4 members (excludes halogenated alkanes) is 7. The highest BCUT2D eigenvalue weighted by Gasteiger charge is 1.98. The van der Waals surface area contributed by atoms with Crippen molar-refractivity contribution in [3.63, 3.8) is 0 Å². The summed E-state index contributed by atoms with van der Waals surface area (Å²) in [6, 6.07) is 0. The number of aliphatic hydroxyl groups is 1. The van der Waals surface area contributed by atoms with Crippen molar-refractivity contribution < 1.29 is 9.84 Å². The summed E-state index contributed by atoms with van der Waals surface area (Å²) >= 11 is 0. The summed E-state index contributed by atoms with van der Waals surface area (Å²) in [7, 11) is 0. The number of aliphatic hydroxyl groups excluding tert-OH is 1. The smallest absolute Gasteiger partial charge is 0.0777 e. The number of ether oxygens (including phenoxy) is 1. The molecule has 0 radical (unpaired) electrons. The fraction of sp³-hybridized carbons (Fsp3) is 1.00. The van der Waals surface area contributed by atoms with Crippen LogP contribution in [0.2, 0.25) is 0 Å². The summed E-state index contributed by atoms with van der Waals surface area (Å²) in [6.45, 7) is 5.10. The molecule has 1 unspecified atom stereocenters. The van der Waals surface area contributed by atoms with Gasteiger partial charge in [-0.3, -0.25) is 0 Å². The summed E-state index contributed by atoms with van der Waals surface area (Å²) in [5.74, 6) is 0. The summed E-state index contributed by atoms with van der Waals surface area (Å²) in [5.41, 5.74) is 0. The Bertz CT molecular complexity index is 115. The first kappa shape index (κ1) is 14.9. The van der Waals surface area contributed by atoms with Crippen LogP contribution in [0.1, 0.15) is 65.2 Å². The molecule has 0 heterocycles. The fourth-order valence-corrected chi connectivity index (χ4v) is 1.57. The van der Waals surface area contributed by atoms with Gasteiger partial charge in [0.2, 0.25) is 0 Å². The Morgan fingerprint density at radius 3 is 2.00 bits per heavy atom. The van der Waals surface area contributed by atoms with Crippen LogP contribution in [0.4, 0.5) is 0 Å². The lowest BCUT2D eigenvalue weighted by molar-refractivity contribution is 0.0231. The molecule has 92 valence electrons. The zero-order valence-corrected chi connectivity index (χ0v) is 10.5. The SMILES string of the molecule is CCCCCCCCCCOC(C)CO. The van der Waals surface area contributed by atoms with E-state index in [2.05, 4.69) is 6.92 Å². The third kappa shape index (κ3) is 11.8. The molecule has 0 aliphatic carbocycles. The molecule has 0 spiro atoms. The molecule has 0 aliphatic rings. The lowest BCUT2D eigenvalue weighted by Gasteiger charge is -2.09. The Morgan fingerprint density at radius 1 is 0.933 bits per heavy atom. The van der Waals surface area contributed by atoms with Crippen molar-refractivity contribution in [1.29, 1.82) is 0 Å². The first-order valence-corrected chi connectivity index (χ1v) is 6.53. The summed E-state index contributed by atoms with van der Waals surface area (Å²) in [5, 5.41) is 8.73. The van der Waals surface area contributed by atoms with Crippen molar-refractivity contribution in [1.82, 2.24) is 0 Å². The van der Waals surface area contributed by atoms with Gasteiger partial charge in [-0.1, -0.05) is 51.9 Å². The third-order valence-corrected chi connectivity index (χ3v) is 2.66. The van der Waals surface area contributed by atoms with Crippen molar-refractivity contribution in [2.45, 2.75) is 71.3 Å². The summed E-state index contributed by atoms with van der Waals surface area (Å²) in [4.78, 5) is 0. The van der Waals surface area contributed by atoms with Gasteiger partial charge in [0.05, 0.1) is 12.7 Å². The number of hydrogen-bond donors (Lipinski definition) is 1. The van der Waals surface area contributed by atoms with Gasteiger partial charge in [0.1, 0.15) is 0 Å². The molecule has 1 N–H and O–H groups in total. The van der Waals surface area contributed by atoms with E-state index in [0.717, 1.165) is 13.0 Å². The zero-order valence-electron chi connectivity index (χ0n) is 10.5. The Balaban J connectivity index is 2.92. The third-order valence-electron chi connectivity index (χ3n) is 2.66. The van der Waals surface area contributed by atoms with E-state index in [-0.39, 0.29) is 12.7 Å². The van der Waals surface area contributed by atoms with Gasteiger partial charge in [0.25, 0.3) is 0 Å². The molecule has 2 heteroatoms. The Morgan fingerprint density at radius 2 is 1.47 bits per heavy atom. The molecule has 2 nitrogen and oxygen atoms in total. The van der Waals surface area contributed by atoms with Gasteiger partial charge in [-0.2, -0.15) is 0 Å². The van der Waals surface area contributed by atoms with Crippen molar-refractivity contribution in [3.8, 4) is 0 Å². The number of hydrogen-bond acceptors (Lipinski definition) is 2. The van der Waals surface area contributed by atoms with Crippen molar-refractivity contribution in [2.75, 3.05) is 13.2 Å². The highest BCUT2D eigenvalue weighted by atomic mass is 16.5. The van der Waals surface area contributed by atoms with Gasteiger partial charge in [-0.05, 0) is 13.3 Å². The van der Waals surface area contributed by atoms with Crippen LogP contribution in [0.15, 0.2) is 0 Å². The molecular weight excluding hydrogens is 188 g/mol. The average Bonchev–Trinajstić information content (AvgIpc) is 2.26. The molecule has 0 fully saturated rings. The highest BCUT2D eigenvalue weighted by molar-refractivity contribution is 4.48. The van der Waals surface area contributed by atoms with Gasteiger partial charge >= 0.3 is 0 Å². The van der Waals surface area contributed by atoms with E-state index in [9.17, 15) is 0 Å². The standard InChI is InChI=1S/C13H28O2/c1-3-4-5-6-7-8-9-10-11-15-13(2)12-14/h13-14H,3-12H2,1-2H3. The molecule has 0 aromatic rings. The molecule has 0 aliphatic heterocycles. The summed E-state index contributed by atoms with van der Waals surface area (Å²) in [6.07, 6.45) is 10.6. The Labute approximate surface area is 95.0 Å². The van der Waals surface area contributed by atoms with E-state index < -0.39 is 0 Å². The van der Waals surface area contributed by atoms with E-state index in [0.29, 0.717) is 0 Å². The van der Waals surface area contributed by atoms with E-state index in [1.165, 1.54) is 44.9 Å². The Hall–Kier alpha value is -0.0800. The molecule has 0 saturated carbocycles. The molecule has 0 aromatic heterocycles. The second-order valence-electron chi connectivity index (χ2n) is 4.34. The van der Waals surface area contributed by atoms with Crippen LogP contribution in [-0.2, 0) is 4.74 Å². The van der Waals surface area contributed by atoms with Crippen LogP contribution < -0.4 is 0 Å². The molecule has 0 bridgehead atoms. The van der Waals surface area contributed by atoms with Gasteiger partial charge in [-0.15, -0.1) is 0 Å². The minimum atomic E-state index is 0.00885. The highest BCUT2D eigenvalue weighted by Crippen LogP contribution is 2.08. The first-order chi connectivity index (χ1) is 7.31. The second-order valence-corrected chi connectivity index (χ2v) is 4.34. The topological polar surface area (TPSA) is 29.5 Å². The predicted molar refractivity (Wildman–Crippen MR) is 65.1 cm³/mol. The minimum Gasteiger partial charge on any atom is -0.394 e. The molecule has 1 atom stereocenters. The van der Waals surface area contributed by atoms with Crippen LogP contribution >= 0.6 is 0 Å². The van der Waals surface area contributed by atoms with E-state index in [4.69, 9.17) is 9.84 Å². The van der Waals surface area contributed by atoms with Crippen molar-refractivity contribution in [2.24, 2.45) is 0 Å². The monoisotopic (exact) mass is 216 g/mol. The maximum atomic E-state index is 8.73. The van der Waals surface area contributed by atoms with Crippen LogP contribution in [0.3, 0.4) is 0 Å². The van der Waals surface area contributed by atoms with Crippen LogP contribution in [0.25, 0.3) is 0 Å². The Kier molecular flexibility index (Phi) is 11.9. The van der Waals surface area contributed by atoms with Crippen LogP contribution in [0, 0.1) is 0 Å². The van der Waals surface area contributed by atoms with Gasteiger partial charge in [0.15, 0.2) is 0 Å². The normalized spacial score (nSPS) is 13.0. The van der Waals surface area contributed by atoms with E-state index >= 15 is 0 Å². The van der Waals surface area contributed by atoms with Crippen LogP contribution in [0.5, 0.6) is 0 Å². The van der Waals surface area contributed by atoms with E-state index in [1.54, 1.807) is 0 Å². The fourth-order valence-electron chi connectivity index (χ4n) is 1.57. The molecule has 0 aromatic carbocycles. The largest absolute Gasteiger partial charge is 0.394 e. The van der Waals surface area contributed by atoms with Gasteiger partial charge in [0, 0.05) is 6.61 Å². The lowest BCUT2D eigenvalue weighted by atomic mass is 10.1. The molecule has 0 saturated heterocycles. The average molecular weight is 216 g/mol. The van der Waals surface area contributed by atoms with Crippen molar-refractivity contribution in [3.05, 3.63) is 0 Å². The van der Waals surface area contributed by atoms with Crippen LogP contribution in [-0.4, -0.2) is 24.4 Å². The predicted octanol–water partition coefficient (Wildman–Crippen LogP) is 3.52. The molecule has 15 heavy (non-hydrogen) atoms. The lowest BCUT2D eigenvalue weighted by Crippen LogP contribution is -2.13. The van der Waals surface area contributed by atoms with Gasteiger partial charge in [-0.25, -0.2) is 0 Å². The summed E-state index contributed by atoms with van der Waals surface area (Å²) < 4.78 is 5.39.